The lowest BCUT2D eigenvalue weighted by atomic mass is 9.86. The monoisotopic (exact) mass is 190 g/mol. The molecule has 0 aliphatic rings. The highest BCUT2D eigenvalue weighted by molar-refractivity contribution is 5.64. The fourth-order valence-electron chi connectivity index (χ4n) is 1.47. The van der Waals surface area contributed by atoms with Crippen molar-refractivity contribution in [2.45, 2.75) is 33.1 Å². The summed E-state index contributed by atoms with van der Waals surface area (Å²) < 4.78 is 1.78. The Kier molecular flexibility index (Phi) is 2.65. The summed E-state index contributed by atoms with van der Waals surface area (Å²) in [6.07, 6.45) is 3.60. The molecule has 2 nitrogen and oxygen atoms in total. The second-order valence-corrected chi connectivity index (χ2v) is 4.56. The largest absolute Gasteiger partial charge is 0.241 e. The van der Waals surface area contributed by atoms with Crippen molar-refractivity contribution in [1.82, 2.24) is 9.78 Å². The molecule has 0 N–H and O–H groups in total. The van der Waals surface area contributed by atoms with Gasteiger partial charge in [0.05, 0.1) is 11.9 Å². The molecule has 1 aromatic rings. The third kappa shape index (κ3) is 1.79. The number of rotatable bonds is 2. The van der Waals surface area contributed by atoms with E-state index in [1.54, 1.807) is 10.9 Å². The van der Waals surface area contributed by atoms with Gasteiger partial charge in [-0.3, -0.25) is 0 Å². The summed E-state index contributed by atoms with van der Waals surface area (Å²) in [6, 6.07) is 0. The molecular weight excluding hydrogens is 172 g/mol. The average molecular weight is 190 g/mol. The highest BCUT2D eigenvalue weighted by Gasteiger charge is 2.21. The fourth-order valence-corrected chi connectivity index (χ4v) is 1.47. The Morgan fingerprint density at radius 1 is 1.50 bits per heavy atom. The van der Waals surface area contributed by atoms with E-state index < -0.39 is 0 Å². The van der Waals surface area contributed by atoms with Crippen LogP contribution in [0.3, 0.4) is 0 Å². The molecule has 0 amide bonds. The Balaban J connectivity index is 3.39. The predicted molar refractivity (Wildman–Crippen MR) is 62.0 cm³/mol. The van der Waals surface area contributed by atoms with E-state index in [1.165, 1.54) is 5.56 Å². The van der Waals surface area contributed by atoms with Crippen LogP contribution in [0.1, 0.15) is 39.0 Å². The summed E-state index contributed by atoms with van der Waals surface area (Å²) in [5.74, 6) is 0. The lowest BCUT2D eigenvalue weighted by molar-refractivity contribution is 0.588. The minimum absolute atomic E-state index is 0.0928. The van der Waals surface area contributed by atoms with Crippen LogP contribution < -0.4 is 0 Å². The van der Waals surface area contributed by atoms with Crippen LogP contribution in [0.5, 0.6) is 0 Å². The topological polar surface area (TPSA) is 17.8 Å². The van der Waals surface area contributed by atoms with E-state index in [0.717, 1.165) is 11.3 Å². The molecule has 14 heavy (non-hydrogen) atoms. The number of nitrogens with zero attached hydrogens (tertiary/aromatic N) is 2. The SMILES string of the molecule is C=Cn1ncc(C(C)(C)C)c1C(=C)C. The lowest BCUT2D eigenvalue weighted by Gasteiger charge is -2.19. The summed E-state index contributed by atoms with van der Waals surface area (Å²) in [5.41, 5.74) is 3.40. The van der Waals surface area contributed by atoms with Gasteiger partial charge in [-0.25, -0.2) is 4.68 Å². The summed E-state index contributed by atoms with van der Waals surface area (Å²) in [4.78, 5) is 0. The van der Waals surface area contributed by atoms with Gasteiger partial charge in [0.25, 0.3) is 0 Å². The van der Waals surface area contributed by atoms with Crippen molar-refractivity contribution in [2.24, 2.45) is 0 Å². The molecule has 1 heterocycles. The molecule has 0 atom stereocenters. The van der Waals surface area contributed by atoms with Crippen molar-refractivity contribution >= 4 is 11.8 Å². The minimum Gasteiger partial charge on any atom is -0.241 e. The third-order valence-corrected chi connectivity index (χ3v) is 2.18. The molecule has 76 valence electrons. The van der Waals surface area contributed by atoms with Gasteiger partial charge >= 0.3 is 0 Å². The zero-order valence-electron chi connectivity index (χ0n) is 9.46. The summed E-state index contributed by atoms with van der Waals surface area (Å²) >= 11 is 0. The van der Waals surface area contributed by atoms with E-state index in [-0.39, 0.29) is 5.41 Å². The predicted octanol–water partition coefficient (Wildman–Crippen LogP) is 3.31. The molecule has 0 bridgehead atoms. The number of allylic oxidation sites excluding steroid dienone is 1. The van der Waals surface area contributed by atoms with Crippen LogP contribution in [0, 0.1) is 0 Å². The zero-order valence-corrected chi connectivity index (χ0v) is 9.46. The van der Waals surface area contributed by atoms with Gasteiger partial charge in [-0.2, -0.15) is 5.10 Å². The van der Waals surface area contributed by atoms with E-state index in [9.17, 15) is 0 Å². The molecule has 0 fully saturated rings. The van der Waals surface area contributed by atoms with E-state index >= 15 is 0 Å². The standard InChI is InChI=1S/C12H18N2/c1-7-14-11(9(2)3)10(8-13-14)12(4,5)6/h7-8H,1-2H2,3-6H3. The first-order valence-electron chi connectivity index (χ1n) is 4.74. The Morgan fingerprint density at radius 2 is 2.07 bits per heavy atom. The molecule has 0 aliphatic carbocycles. The Labute approximate surface area is 85.9 Å². The highest BCUT2D eigenvalue weighted by Crippen LogP contribution is 2.29. The summed E-state index contributed by atoms with van der Waals surface area (Å²) in [7, 11) is 0. The van der Waals surface area contributed by atoms with Crippen LogP contribution in [0.25, 0.3) is 11.8 Å². The van der Waals surface area contributed by atoms with Crippen LogP contribution in [0.4, 0.5) is 0 Å². The van der Waals surface area contributed by atoms with Gasteiger partial charge in [-0.05, 0) is 17.9 Å². The normalized spacial score (nSPS) is 11.4. The summed E-state index contributed by atoms with van der Waals surface area (Å²) in [5, 5.41) is 4.26. The van der Waals surface area contributed by atoms with Gasteiger partial charge in [0, 0.05) is 11.8 Å². The van der Waals surface area contributed by atoms with Gasteiger partial charge in [-0.15, -0.1) is 0 Å². The van der Waals surface area contributed by atoms with Crippen molar-refractivity contribution in [1.29, 1.82) is 0 Å². The fraction of sp³-hybridized carbons (Fsp3) is 0.417. The molecule has 0 saturated carbocycles. The van der Waals surface area contributed by atoms with Crippen molar-refractivity contribution in [3.8, 4) is 0 Å². The number of aromatic nitrogens is 2. The van der Waals surface area contributed by atoms with Crippen LogP contribution in [-0.4, -0.2) is 9.78 Å². The van der Waals surface area contributed by atoms with Crippen molar-refractivity contribution in [3.05, 3.63) is 30.6 Å². The van der Waals surface area contributed by atoms with E-state index in [2.05, 4.69) is 39.0 Å². The average Bonchev–Trinajstić information content (AvgIpc) is 2.45. The maximum atomic E-state index is 4.26. The third-order valence-electron chi connectivity index (χ3n) is 2.18. The second kappa shape index (κ2) is 3.45. The molecule has 2 heteroatoms. The first-order valence-corrected chi connectivity index (χ1v) is 4.74. The maximum Gasteiger partial charge on any atom is 0.0721 e. The van der Waals surface area contributed by atoms with Crippen molar-refractivity contribution < 1.29 is 0 Å². The first-order chi connectivity index (χ1) is 6.38. The van der Waals surface area contributed by atoms with Gasteiger partial charge in [0.1, 0.15) is 0 Å². The first kappa shape index (κ1) is 10.8. The molecular formula is C12H18N2. The molecule has 1 aromatic heterocycles. The van der Waals surface area contributed by atoms with Gasteiger partial charge < -0.3 is 0 Å². The van der Waals surface area contributed by atoms with E-state index in [1.807, 2.05) is 13.1 Å². The van der Waals surface area contributed by atoms with Crippen molar-refractivity contribution in [3.63, 3.8) is 0 Å². The van der Waals surface area contributed by atoms with Crippen LogP contribution in [0.15, 0.2) is 19.4 Å². The lowest BCUT2D eigenvalue weighted by Crippen LogP contribution is -2.13. The van der Waals surface area contributed by atoms with Crippen LogP contribution >= 0.6 is 0 Å². The van der Waals surface area contributed by atoms with Gasteiger partial charge in [-0.1, -0.05) is 33.9 Å². The van der Waals surface area contributed by atoms with Crippen LogP contribution in [0.2, 0.25) is 0 Å². The minimum atomic E-state index is 0.0928. The molecule has 0 spiro atoms. The molecule has 0 unspecified atom stereocenters. The molecule has 0 radical (unpaired) electrons. The maximum absolute atomic E-state index is 4.26. The highest BCUT2D eigenvalue weighted by atomic mass is 15.3. The van der Waals surface area contributed by atoms with Gasteiger partial charge in [0.2, 0.25) is 0 Å². The van der Waals surface area contributed by atoms with Gasteiger partial charge in [0.15, 0.2) is 0 Å². The molecule has 0 saturated heterocycles. The van der Waals surface area contributed by atoms with Crippen LogP contribution in [-0.2, 0) is 5.41 Å². The van der Waals surface area contributed by atoms with E-state index in [4.69, 9.17) is 0 Å². The Hall–Kier alpha value is -1.31. The second-order valence-electron chi connectivity index (χ2n) is 4.56. The zero-order chi connectivity index (χ0) is 10.9. The van der Waals surface area contributed by atoms with E-state index in [0.29, 0.717) is 0 Å². The molecule has 1 rings (SSSR count). The molecule has 0 aromatic carbocycles. The summed E-state index contributed by atoms with van der Waals surface area (Å²) in [6.45, 7) is 16.2. The smallest absolute Gasteiger partial charge is 0.0721 e. The number of hydrogen-bond donors (Lipinski definition) is 0. The molecule has 0 aliphatic heterocycles. The van der Waals surface area contributed by atoms with Crippen molar-refractivity contribution in [2.75, 3.05) is 0 Å². The Bertz CT molecular complexity index is 364. The Morgan fingerprint density at radius 3 is 2.43 bits per heavy atom. The quantitative estimate of drug-likeness (QED) is 0.699. The number of hydrogen-bond acceptors (Lipinski definition) is 1.